The molecule has 1 heterocycles. The number of nitrogens with one attached hydrogen (secondary N) is 1. The molecule has 0 unspecified atom stereocenters. The summed E-state index contributed by atoms with van der Waals surface area (Å²) in [5.41, 5.74) is 8.77. The number of hydrogen-bond donors (Lipinski definition) is 2. The van der Waals surface area contributed by atoms with Crippen LogP contribution < -0.4 is 0 Å². The minimum absolute atomic E-state index is 0.611. The highest BCUT2D eigenvalue weighted by molar-refractivity contribution is 6.26. The van der Waals surface area contributed by atoms with Crippen LogP contribution in [0.5, 0.6) is 0 Å². The lowest BCUT2D eigenvalue weighted by atomic mass is 9.99. The van der Waals surface area contributed by atoms with Crippen molar-refractivity contribution >= 4 is 16.7 Å². The number of fused-ring (bicyclic) bond motifs is 4. The number of aromatic amines is 1. The molecule has 5 rings (SSSR count). The van der Waals surface area contributed by atoms with Crippen LogP contribution in [0.3, 0.4) is 0 Å². The standard InChI is InChI=1S/C21H15N3O/c1-12-6-4-11-17-19(12)23-21(22-17)16-10-5-9-15-18(16)13-7-2-3-8-14(13)20(15)24-25/h2-11,25H,1H3,(H,22,23). The Labute approximate surface area is 144 Å². The second-order valence-electron chi connectivity index (χ2n) is 6.28. The average Bonchev–Trinajstić information content (AvgIpc) is 3.21. The molecule has 0 radical (unpaired) electrons. The van der Waals surface area contributed by atoms with Crippen LogP contribution >= 0.6 is 0 Å². The van der Waals surface area contributed by atoms with E-state index in [1.54, 1.807) is 0 Å². The van der Waals surface area contributed by atoms with Gasteiger partial charge in [-0.15, -0.1) is 0 Å². The molecule has 0 spiro atoms. The summed E-state index contributed by atoms with van der Waals surface area (Å²) in [5, 5.41) is 13.1. The minimum atomic E-state index is 0.611. The highest BCUT2D eigenvalue weighted by Gasteiger charge is 2.28. The molecule has 3 aromatic carbocycles. The van der Waals surface area contributed by atoms with E-state index in [-0.39, 0.29) is 0 Å². The number of nitrogens with zero attached hydrogens (tertiary/aromatic N) is 2. The second-order valence-corrected chi connectivity index (χ2v) is 6.28. The van der Waals surface area contributed by atoms with Crippen LogP contribution in [0, 0.1) is 6.92 Å². The van der Waals surface area contributed by atoms with Gasteiger partial charge < -0.3 is 10.2 Å². The van der Waals surface area contributed by atoms with Crippen molar-refractivity contribution in [3.05, 3.63) is 77.4 Å². The maximum Gasteiger partial charge on any atom is 0.139 e. The molecule has 0 saturated heterocycles. The van der Waals surface area contributed by atoms with Crippen molar-refractivity contribution in [3.63, 3.8) is 0 Å². The predicted molar refractivity (Wildman–Crippen MR) is 99.1 cm³/mol. The maximum absolute atomic E-state index is 9.54. The van der Waals surface area contributed by atoms with Crippen molar-refractivity contribution in [1.82, 2.24) is 9.97 Å². The fourth-order valence-electron chi connectivity index (χ4n) is 3.70. The zero-order chi connectivity index (χ0) is 17.0. The molecule has 0 aliphatic heterocycles. The molecule has 0 amide bonds. The van der Waals surface area contributed by atoms with Crippen LogP contribution in [-0.4, -0.2) is 20.9 Å². The fourth-order valence-corrected chi connectivity index (χ4v) is 3.70. The second kappa shape index (κ2) is 5.05. The van der Waals surface area contributed by atoms with Crippen LogP contribution in [0.25, 0.3) is 33.5 Å². The van der Waals surface area contributed by atoms with E-state index in [0.29, 0.717) is 5.71 Å². The minimum Gasteiger partial charge on any atom is -0.410 e. The Balaban J connectivity index is 1.83. The third-order valence-electron chi connectivity index (χ3n) is 4.84. The molecular formula is C21H15N3O. The van der Waals surface area contributed by atoms with Gasteiger partial charge in [0.2, 0.25) is 0 Å². The van der Waals surface area contributed by atoms with E-state index in [0.717, 1.165) is 50.2 Å². The molecule has 1 aromatic heterocycles. The number of para-hydroxylation sites is 1. The first-order chi connectivity index (χ1) is 12.3. The average molecular weight is 325 g/mol. The number of benzene rings is 3. The van der Waals surface area contributed by atoms with Gasteiger partial charge in [0.05, 0.1) is 11.0 Å². The van der Waals surface area contributed by atoms with Gasteiger partial charge in [0, 0.05) is 22.3 Å². The SMILES string of the molecule is Cc1cccc2[nH]c(-c3cccc4c3-c3ccccc3C4=NO)nc12. The van der Waals surface area contributed by atoms with E-state index < -0.39 is 0 Å². The Morgan fingerprint density at radius 2 is 1.56 bits per heavy atom. The molecule has 4 aromatic rings. The molecule has 1 aliphatic rings. The smallest absolute Gasteiger partial charge is 0.139 e. The first-order valence-corrected chi connectivity index (χ1v) is 8.19. The summed E-state index contributed by atoms with van der Waals surface area (Å²) in [6.07, 6.45) is 0. The lowest BCUT2D eigenvalue weighted by Crippen LogP contribution is -1.97. The molecule has 0 fully saturated rings. The van der Waals surface area contributed by atoms with Gasteiger partial charge in [-0.05, 0) is 24.1 Å². The lowest BCUT2D eigenvalue weighted by Gasteiger charge is -2.06. The first-order valence-electron chi connectivity index (χ1n) is 8.19. The first kappa shape index (κ1) is 14.0. The molecular weight excluding hydrogens is 310 g/mol. The zero-order valence-electron chi connectivity index (χ0n) is 13.6. The number of aromatic nitrogens is 2. The number of hydrogen-bond acceptors (Lipinski definition) is 3. The third-order valence-corrected chi connectivity index (χ3v) is 4.84. The van der Waals surface area contributed by atoms with Crippen molar-refractivity contribution in [2.75, 3.05) is 0 Å². The molecule has 4 heteroatoms. The van der Waals surface area contributed by atoms with E-state index in [1.807, 2.05) is 42.5 Å². The summed E-state index contributed by atoms with van der Waals surface area (Å²) in [5.74, 6) is 0.829. The van der Waals surface area contributed by atoms with Crippen LogP contribution in [0.4, 0.5) is 0 Å². The van der Waals surface area contributed by atoms with E-state index in [1.165, 1.54) is 0 Å². The van der Waals surface area contributed by atoms with E-state index in [9.17, 15) is 5.21 Å². The van der Waals surface area contributed by atoms with Crippen LogP contribution in [0.1, 0.15) is 16.7 Å². The normalized spacial score (nSPS) is 14.0. The quantitative estimate of drug-likeness (QED) is 0.345. The molecule has 2 N–H and O–H groups in total. The van der Waals surface area contributed by atoms with E-state index in [4.69, 9.17) is 4.98 Å². The monoisotopic (exact) mass is 325 g/mol. The van der Waals surface area contributed by atoms with E-state index >= 15 is 0 Å². The Morgan fingerprint density at radius 1 is 0.840 bits per heavy atom. The van der Waals surface area contributed by atoms with Crippen LogP contribution in [0.2, 0.25) is 0 Å². The molecule has 0 atom stereocenters. The summed E-state index contributed by atoms with van der Waals surface area (Å²) in [7, 11) is 0. The predicted octanol–water partition coefficient (Wildman–Crippen LogP) is 4.75. The number of H-pyrrole nitrogens is 1. The van der Waals surface area contributed by atoms with Gasteiger partial charge in [0.1, 0.15) is 11.5 Å². The lowest BCUT2D eigenvalue weighted by molar-refractivity contribution is 0.320. The van der Waals surface area contributed by atoms with Crippen molar-refractivity contribution < 1.29 is 5.21 Å². The number of aryl methyl sites for hydroxylation is 1. The zero-order valence-corrected chi connectivity index (χ0v) is 13.6. The molecule has 0 saturated carbocycles. The summed E-state index contributed by atoms with van der Waals surface area (Å²) in [6, 6.07) is 20.2. The fraction of sp³-hybridized carbons (Fsp3) is 0.0476. The van der Waals surface area contributed by atoms with Crippen LogP contribution in [-0.2, 0) is 0 Å². The highest BCUT2D eigenvalue weighted by Crippen LogP contribution is 2.42. The number of imidazole rings is 1. The molecule has 25 heavy (non-hydrogen) atoms. The van der Waals surface area contributed by atoms with Crippen molar-refractivity contribution in [2.45, 2.75) is 6.92 Å². The number of oxime groups is 1. The van der Waals surface area contributed by atoms with Gasteiger partial charge in [-0.25, -0.2) is 4.98 Å². The van der Waals surface area contributed by atoms with Gasteiger partial charge in [-0.2, -0.15) is 0 Å². The van der Waals surface area contributed by atoms with Crippen molar-refractivity contribution in [1.29, 1.82) is 0 Å². The van der Waals surface area contributed by atoms with Gasteiger partial charge >= 0.3 is 0 Å². The Hall–Kier alpha value is -3.40. The Bertz CT molecular complexity index is 1170. The van der Waals surface area contributed by atoms with Crippen LogP contribution in [0.15, 0.2) is 65.8 Å². The van der Waals surface area contributed by atoms with Crippen molar-refractivity contribution in [2.24, 2.45) is 5.16 Å². The van der Waals surface area contributed by atoms with E-state index in [2.05, 4.69) is 35.3 Å². The number of rotatable bonds is 1. The summed E-state index contributed by atoms with van der Waals surface area (Å²) >= 11 is 0. The topological polar surface area (TPSA) is 61.3 Å². The van der Waals surface area contributed by atoms with Gasteiger partial charge in [-0.3, -0.25) is 0 Å². The van der Waals surface area contributed by atoms with Gasteiger partial charge in [0.25, 0.3) is 0 Å². The summed E-state index contributed by atoms with van der Waals surface area (Å²) in [4.78, 5) is 8.26. The molecule has 1 aliphatic carbocycles. The Morgan fingerprint density at radius 3 is 2.36 bits per heavy atom. The Kier molecular flexibility index (Phi) is 2.82. The van der Waals surface area contributed by atoms with Crippen molar-refractivity contribution in [3.8, 4) is 22.5 Å². The summed E-state index contributed by atoms with van der Waals surface area (Å²) < 4.78 is 0. The molecule has 4 nitrogen and oxygen atoms in total. The summed E-state index contributed by atoms with van der Waals surface area (Å²) in [6.45, 7) is 2.06. The molecule has 0 bridgehead atoms. The largest absolute Gasteiger partial charge is 0.410 e. The van der Waals surface area contributed by atoms with Gasteiger partial charge in [-0.1, -0.05) is 59.8 Å². The third kappa shape index (κ3) is 1.88. The van der Waals surface area contributed by atoms with Gasteiger partial charge in [0.15, 0.2) is 0 Å². The highest BCUT2D eigenvalue weighted by atomic mass is 16.4. The maximum atomic E-state index is 9.54. The molecule has 120 valence electrons.